The van der Waals surface area contributed by atoms with Crippen molar-refractivity contribution >= 4 is 5.82 Å². The number of aryl methyl sites for hydroxylation is 2. The van der Waals surface area contributed by atoms with Crippen LogP contribution in [0, 0.1) is 19.8 Å². The predicted octanol–water partition coefficient (Wildman–Crippen LogP) is 4.48. The van der Waals surface area contributed by atoms with Crippen LogP contribution in [0.5, 0.6) is 0 Å². The minimum absolute atomic E-state index is 0.586. The Hall–Kier alpha value is -2.66. The topological polar surface area (TPSA) is 37.2 Å². The van der Waals surface area contributed by atoms with Crippen LogP contribution >= 0.6 is 0 Å². The molecule has 0 N–H and O–H groups in total. The lowest BCUT2D eigenvalue weighted by atomic mass is 10.0. The summed E-state index contributed by atoms with van der Waals surface area (Å²) in [4.78, 5) is 9.02. The van der Waals surface area contributed by atoms with Crippen molar-refractivity contribution in [2.75, 3.05) is 25.2 Å². The third-order valence-corrected chi connectivity index (χ3v) is 5.53. The quantitative estimate of drug-likeness (QED) is 0.645. The fraction of sp³-hybridized carbons (Fsp3) is 0.417. The van der Waals surface area contributed by atoms with Gasteiger partial charge in [-0.2, -0.15) is 5.10 Å². The largest absolute Gasteiger partial charge is 0.342 e. The van der Waals surface area contributed by atoms with E-state index in [0.29, 0.717) is 5.92 Å². The molecule has 0 saturated heterocycles. The van der Waals surface area contributed by atoms with Crippen molar-refractivity contribution in [3.63, 3.8) is 0 Å². The van der Waals surface area contributed by atoms with Crippen LogP contribution in [-0.2, 0) is 13.1 Å². The highest BCUT2D eigenvalue weighted by atomic mass is 15.4. The van der Waals surface area contributed by atoms with E-state index >= 15 is 0 Å². The van der Waals surface area contributed by atoms with Crippen LogP contribution in [0.2, 0.25) is 0 Å². The molecule has 0 aliphatic carbocycles. The van der Waals surface area contributed by atoms with Crippen molar-refractivity contribution in [1.29, 1.82) is 0 Å². The number of fused-ring (bicyclic) bond motifs is 1. The Balaban J connectivity index is 1.84. The number of hydrogen-bond acceptors (Lipinski definition) is 4. The molecule has 5 nitrogen and oxygen atoms in total. The second-order valence-corrected chi connectivity index (χ2v) is 8.75. The molecule has 1 aliphatic rings. The van der Waals surface area contributed by atoms with Gasteiger partial charge in [0.2, 0.25) is 0 Å². The number of rotatable bonds is 5. The second-order valence-electron chi connectivity index (χ2n) is 8.75. The van der Waals surface area contributed by atoms with E-state index in [1.165, 1.54) is 33.5 Å². The van der Waals surface area contributed by atoms with Gasteiger partial charge in [-0.1, -0.05) is 37.6 Å². The van der Waals surface area contributed by atoms with Crippen molar-refractivity contribution in [3.8, 4) is 11.3 Å². The van der Waals surface area contributed by atoms with Gasteiger partial charge in [0, 0.05) is 36.6 Å². The Kier molecular flexibility index (Phi) is 5.41. The average Bonchev–Trinajstić information content (AvgIpc) is 3.02. The van der Waals surface area contributed by atoms with Gasteiger partial charge in [-0.3, -0.25) is 14.6 Å². The van der Waals surface area contributed by atoms with Crippen molar-refractivity contribution < 1.29 is 0 Å². The summed E-state index contributed by atoms with van der Waals surface area (Å²) in [6.07, 6.45) is 3.74. The predicted molar refractivity (Wildman–Crippen MR) is 119 cm³/mol. The summed E-state index contributed by atoms with van der Waals surface area (Å²) in [5, 5.41) is 5.15. The molecule has 0 bridgehead atoms. The Morgan fingerprint density at radius 1 is 1.07 bits per heavy atom. The van der Waals surface area contributed by atoms with Gasteiger partial charge in [0.25, 0.3) is 0 Å². The van der Waals surface area contributed by atoms with Crippen LogP contribution in [0.4, 0.5) is 5.82 Å². The summed E-state index contributed by atoms with van der Waals surface area (Å²) in [5.41, 5.74) is 7.63. The molecule has 1 aromatic carbocycles. The van der Waals surface area contributed by atoms with Gasteiger partial charge in [-0.25, -0.2) is 0 Å². The maximum absolute atomic E-state index is 5.15. The molecular weight excluding hydrogens is 358 g/mol. The number of hydrogen-bond donors (Lipinski definition) is 0. The number of pyridine rings is 1. The van der Waals surface area contributed by atoms with Gasteiger partial charge in [0.15, 0.2) is 5.82 Å². The van der Waals surface area contributed by atoms with Gasteiger partial charge in [0.05, 0.1) is 18.9 Å². The second kappa shape index (κ2) is 7.99. The minimum atomic E-state index is 0.586. The summed E-state index contributed by atoms with van der Waals surface area (Å²) in [7, 11) is 2.19. The highest BCUT2D eigenvalue weighted by Crippen LogP contribution is 2.36. The van der Waals surface area contributed by atoms with Gasteiger partial charge in [-0.05, 0) is 50.1 Å². The first-order valence-electron chi connectivity index (χ1n) is 10.4. The highest BCUT2D eigenvalue weighted by Gasteiger charge is 2.29. The summed E-state index contributed by atoms with van der Waals surface area (Å²) < 4.78 is 2.20. The van der Waals surface area contributed by atoms with E-state index in [4.69, 9.17) is 5.10 Å². The number of nitrogens with zero attached hydrogens (tertiary/aromatic N) is 5. The fourth-order valence-electron chi connectivity index (χ4n) is 4.28. The molecule has 1 aliphatic heterocycles. The third-order valence-electron chi connectivity index (χ3n) is 5.53. The lowest BCUT2D eigenvalue weighted by molar-refractivity contribution is 0.303. The van der Waals surface area contributed by atoms with E-state index in [0.717, 1.165) is 32.1 Å². The van der Waals surface area contributed by atoms with Crippen molar-refractivity contribution in [2.45, 2.75) is 40.8 Å². The van der Waals surface area contributed by atoms with E-state index < -0.39 is 0 Å². The number of anilines is 1. The zero-order chi connectivity index (χ0) is 20.5. The molecule has 0 amide bonds. The maximum Gasteiger partial charge on any atom is 0.156 e. The first-order chi connectivity index (χ1) is 13.9. The van der Waals surface area contributed by atoms with Crippen LogP contribution in [0.1, 0.15) is 36.1 Å². The van der Waals surface area contributed by atoms with Gasteiger partial charge < -0.3 is 4.90 Å². The van der Waals surface area contributed by atoms with E-state index in [-0.39, 0.29) is 0 Å². The van der Waals surface area contributed by atoms with E-state index in [1.54, 1.807) is 0 Å². The molecule has 0 atom stereocenters. The monoisotopic (exact) mass is 389 g/mol. The zero-order valence-corrected chi connectivity index (χ0v) is 18.2. The van der Waals surface area contributed by atoms with Crippen molar-refractivity contribution in [3.05, 3.63) is 65.0 Å². The molecule has 0 fully saturated rings. The lowest BCUT2D eigenvalue weighted by Gasteiger charge is -2.34. The highest BCUT2D eigenvalue weighted by molar-refractivity contribution is 5.70. The molecule has 0 saturated carbocycles. The molecule has 0 unspecified atom stereocenters. The Morgan fingerprint density at radius 2 is 1.83 bits per heavy atom. The first kappa shape index (κ1) is 19.6. The Morgan fingerprint density at radius 3 is 2.52 bits per heavy atom. The molecule has 152 valence electrons. The molecule has 2 aromatic heterocycles. The summed E-state index contributed by atoms with van der Waals surface area (Å²) >= 11 is 0. The number of aromatic nitrogens is 3. The third kappa shape index (κ3) is 4.06. The fourth-order valence-corrected chi connectivity index (χ4v) is 4.28. The summed E-state index contributed by atoms with van der Waals surface area (Å²) in [6, 6.07) is 10.9. The van der Waals surface area contributed by atoms with E-state index in [9.17, 15) is 0 Å². The van der Waals surface area contributed by atoms with E-state index in [1.807, 2.05) is 12.4 Å². The SMILES string of the molecule is Cc1ccc(Cn2nc3c(c2-c2ccncc2)CN(C)CN3CC(C)C)c(C)c1. The van der Waals surface area contributed by atoms with Crippen LogP contribution in [0.3, 0.4) is 0 Å². The standard InChI is InChI=1S/C24H31N5/c1-17(2)13-28-16-27(5)15-22-23(20-8-10-25-11-9-20)29(26-24(22)28)14-21-7-6-18(3)12-19(21)4/h6-12,17H,13-16H2,1-5H3. The zero-order valence-electron chi connectivity index (χ0n) is 18.2. The van der Waals surface area contributed by atoms with Crippen molar-refractivity contribution in [2.24, 2.45) is 5.92 Å². The summed E-state index contributed by atoms with van der Waals surface area (Å²) in [6.45, 7) is 12.5. The molecule has 0 spiro atoms. The van der Waals surface area contributed by atoms with Crippen LogP contribution in [0.25, 0.3) is 11.3 Å². The molecule has 3 heterocycles. The van der Waals surface area contributed by atoms with Gasteiger partial charge in [0.1, 0.15) is 0 Å². The molecule has 3 aromatic rings. The molecular formula is C24H31N5. The Bertz CT molecular complexity index is 990. The van der Waals surface area contributed by atoms with E-state index in [2.05, 4.69) is 84.5 Å². The van der Waals surface area contributed by atoms with Crippen LogP contribution in [-0.4, -0.2) is 39.9 Å². The smallest absolute Gasteiger partial charge is 0.156 e. The van der Waals surface area contributed by atoms with Gasteiger partial charge in [-0.15, -0.1) is 0 Å². The summed E-state index contributed by atoms with van der Waals surface area (Å²) in [5.74, 6) is 1.72. The number of benzene rings is 1. The average molecular weight is 390 g/mol. The molecule has 5 heteroatoms. The molecule has 29 heavy (non-hydrogen) atoms. The maximum atomic E-state index is 5.15. The molecule has 0 radical (unpaired) electrons. The Labute approximate surface area is 174 Å². The van der Waals surface area contributed by atoms with Crippen LogP contribution < -0.4 is 4.90 Å². The normalized spacial score (nSPS) is 14.5. The minimum Gasteiger partial charge on any atom is -0.342 e. The van der Waals surface area contributed by atoms with Crippen LogP contribution in [0.15, 0.2) is 42.7 Å². The van der Waals surface area contributed by atoms with Crippen molar-refractivity contribution in [1.82, 2.24) is 19.7 Å². The lowest BCUT2D eigenvalue weighted by Crippen LogP contribution is -2.42. The first-order valence-corrected chi connectivity index (χ1v) is 10.4. The van der Waals surface area contributed by atoms with Gasteiger partial charge >= 0.3 is 0 Å². The molecule has 4 rings (SSSR count).